The molecule has 3 heteroatoms. The van der Waals surface area contributed by atoms with Gasteiger partial charge in [0.15, 0.2) is 6.10 Å². The second-order valence-corrected chi connectivity index (χ2v) is 5.07. The summed E-state index contributed by atoms with van der Waals surface area (Å²) in [5.41, 5.74) is 0.623. The minimum Gasteiger partial charge on any atom is -0.455 e. The van der Waals surface area contributed by atoms with Crippen molar-refractivity contribution in [2.45, 2.75) is 37.9 Å². The molecule has 2 atom stereocenters. The summed E-state index contributed by atoms with van der Waals surface area (Å²) in [7, 11) is 0. The van der Waals surface area contributed by atoms with Crippen LogP contribution in [0, 0.1) is 5.41 Å². The number of hydrogen-bond acceptors (Lipinski definition) is 3. The number of aliphatic hydroxyl groups excluding tert-OH is 1. The van der Waals surface area contributed by atoms with Gasteiger partial charge in [-0.2, -0.15) is 0 Å². The number of esters is 1. The van der Waals surface area contributed by atoms with Gasteiger partial charge in [0.1, 0.15) is 6.10 Å². The average Bonchev–Trinajstić information content (AvgIpc) is 2.93. The van der Waals surface area contributed by atoms with Gasteiger partial charge in [0, 0.05) is 5.41 Å². The lowest BCUT2D eigenvalue weighted by atomic mass is 9.75. The summed E-state index contributed by atoms with van der Waals surface area (Å²) in [5, 5.41) is 10.1. The van der Waals surface area contributed by atoms with Crippen LogP contribution >= 0.6 is 0 Å². The van der Waals surface area contributed by atoms with Crippen LogP contribution in [0.2, 0.25) is 0 Å². The number of carbonyl (C=O) groups excluding carboxylic acids is 1. The molecule has 1 aromatic rings. The van der Waals surface area contributed by atoms with E-state index in [1.165, 1.54) is 0 Å². The maximum atomic E-state index is 11.6. The molecule has 2 fully saturated rings. The predicted molar refractivity (Wildman–Crippen MR) is 62.2 cm³/mol. The van der Waals surface area contributed by atoms with E-state index in [4.69, 9.17) is 4.74 Å². The summed E-state index contributed by atoms with van der Waals surface area (Å²) < 4.78 is 5.41. The van der Waals surface area contributed by atoms with E-state index in [1.807, 2.05) is 30.3 Å². The number of hydrogen-bond donors (Lipinski definition) is 1. The van der Waals surface area contributed by atoms with E-state index in [-0.39, 0.29) is 11.5 Å². The Labute approximate surface area is 100 Å². The molecule has 17 heavy (non-hydrogen) atoms. The van der Waals surface area contributed by atoms with Crippen LogP contribution in [0.5, 0.6) is 0 Å². The first-order valence-corrected chi connectivity index (χ1v) is 6.17. The van der Waals surface area contributed by atoms with Crippen molar-refractivity contribution in [3.8, 4) is 0 Å². The van der Waals surface area contributed by atoms with Gasteiger partial charge in [-0.1, -0.05) is 43.2 Å². The zero-order chi connectivity index (χ0) is 11.9. The third kappa shape index (κ3) is 1.49. The van der Waals surface area contributed by atoms with E-state index < -0.39 is 12.1 Å². The fraction of sp³-hybridized carbons (Fsp3) is 0.500. The molecule has 1 N–H and O–H groups in total. The smallest absolute Gasteiger partial charge is 0.336 e. The Bertz CT molecular complexity index is 420. The van der Waals surface area contributed by atoms with Crippen molar-refractivity contribution >= 4 is 5.97 Å². The van der Waals surface area contributed by atoms with Crippen molar-refractivity contribution < 1.29 is 14.6 Å². The summed E-state index contributed by atoms with van der Waals surface area (Å²) >= 11 is 0. The van der Waals surface area contributed by atoms with Gasteiger partial charge in [-0.3, -0.25) is 0 Å². The van der Waals surface area contributed by atoms with Crippen LogP contribution in [-0.2, 0) is 9.53 Å². The Morgan fingerprint density at radius 3 is 2.47 bits per heavy atom. The number of aliphatic hydroxyl groups is 1. The van der Waals surface area contributed by atoms with Crippen LogP contribution in [0.1, 0.15) is 37.4 Å². The fourth-order valence-electron chi connectivity index (χ4n) is 3.27. The quantitative estimate of drug-likeness (QED) is 0.755. The van der Waals surface area contributed by atoms with Gasteiger partial charge in [-0.05, 0) is 18.4 Å². The number of rotatable bonds is 1. The maximum Gasteiger partial charge on any atom is 0.336 e. The van der Waals surface area contributed by atoms with Gasteiger partial charge in [0.2, 0.25) is 0 Å². The molecule has 1 aromatic carbocycles. The molecule has 1 saturated carbocycles. The van der Waals surface area contributed by atoms with Crippen LogP contribution in [0.25, 0.3) is 0 Å². The van der Waals surface area contributed by atoms with Crippen LogP contribution < -0.4 is 0 Å². The molecule has 0 amide bonds. The minimum atomic E-state index is -0.949. The lowest BCUT2D eigenvalue weighted by Gasteiger charge is -2.30. The van der Waals surface area contributed by atoms with Crippen LogP contribution in [-0.4, -0.2) is 17.2 Å². The number of cyclic esters (lactones) is 1. The molecule has 90 valence electrons. The summed E-state index contributed by atoms with van der Waals surface area (Å²) in [5.74, 6) is -0.458. The van der Waals surface area contributed by atoms with Gasteiger partial charge in [-0.15, -0.1) is 0 Å². The van der Waals surface area contributed by atoms with Gasteiger partial charge in [-0.25, -0.2) is 4.79 Å². The fourth-order valence-corrected chi connectivity index (χ4v) is 3.27. The second kappa shape index (κ2) is 3.84. The lowest BCUT2D eigenvalue weighted by molar-refractivity contribution is -0.147. The van der Waals surface area contributed by atoms with E-state index in [1.54, 1.807) is 0 Å². The van der Waals surface area contributed by atoms with E-state index in [9.17, 15) is 9.90 Å². The van der Waals surface area contributed by atoms with Crippen molar-refractivity contribution in [3.63, 3.8) is 0 Å². The lowest BCUT2D eigenvalue weighted by Crippen LogP contribution is -2.34. The summed E-state index contributed by atoms with van der Waals surface area (Å²) in [4.78, 5) is 11.6. The third-order valence-electron chi connectivity index (χ3n) is 4.16. The topological polar surface area (TPSA) is 46.5 Å². The minimum absolute atomic E-state index is 0.270. The van der Waals surface area contributed by atoms with Crippen molar-refractivity contribution in [2.24, 2.45) is 5.41 Å². The summed E-state index contributed by atoms with van der Waals surface area (Å²) in [6, 6.07) is 9.76. The third-order valence-corrected chi connectivity index (χ3v) is 4.16. The zero-order valence-corrected chi connectivity index (χ0v) is 9.63. The van der Waals surface area contributed by atoms with E-state index >= 15 is 0 Å². The van der Waals surface area contributed by atoms with E-state index in [0.29, 0.717) is 0 Å². The largest absolute Gasteiger partial charge is 0.455 e. The van der Waals surface area contributed by atoms with Gasteiger partial charge < -0.3 is 9.84 Å². The maximum absolute atomic E-state index is 11.6. The highest BCUT2D eigenvalue weighted by Crippen LogP contribution is 2.55. The van der Waals surface area contributed by atoms with E-state index in [0.717, 1.165) is 31.2 Å². The highest BCUT2D eigenvalue weighted by atomic mass is 16.6. The molecule has 2 aliphatic rings. The number of benzene rings is 1. The first-order valence-electron chi connectivity index (χ1n) is 6.17. The van der Waals surface area contributed by atoms with Crippen LogP contribution in [0.15, 0.2) is 30.3 Å². The molecule has 3 rings (SSSR count). The van der Waals surface area contributed by atoms with Gasteiger partial charge >= 0.3 is 5.97 Å². The van der Waals surface area contributed by atoms with Gasteiger partial charge in [0.05, 0.1) is 0 Å². The SMILES string of the molecule is O=C1O[C@@H](c2ccccc2)C2(CCCC2)[C@@H]1O. The van der Waals surface area contributed by atoms with Crippen molar-refractivity contribution in [2.75, 3.05) is 0 Å². The highest BCUT2D eigenvalue weighted by molar-refractivity contribution is 5.78. The van der Waals surface area contributed by atoms with E-state index in [2.05, 4.69) is 0 Å². The first kappa shape index (κ1) is 10.8. The van der Waals surface area contributed by atoms with Crippen LogP contribution in [0.3, 0.4) is 0 Å². The molecule has 3 nitrogen and oxygen atoms in total. The normalized spacial score (nSPS) is 30.8. The van der Waals surface area contributed by atoms with Crippen molar-refractivity contribution in [1.29, 1.82) is 0 Å². The van der Waals surface area contributed by atoms with Gasteiger partial charge in [0.25, 0.3) is 0 Å². The predicted octanol–water partition coefficient (Wildman–Crippen LogP) is 2.21. The molecular formula is C14H16O3. The molecule has 0 unspecified atom stereocenters. The molecular weight excluding hydrogens is 216 g/mol. The molecule has 1 saturated heterocycles. The Kier molecular flexibility index (Phi) is 2.44. The summed E-state index contributed by atoms with van der Waals surface area (Å²) in [6.45, 7) is 0. The summed E-state index contributed by atoms with van der Waals surface area (Å²) in [6.07, 6.45) is 2.66. The highest BCUT2D eigenvalue weighted by Gasteiger charge is 2.58. The van der Waals surface area contributed by atoms with Crippen LogP contribution in [0.4, 0.5) is 0 Å². The van der Waals surface area contributed by atoms with Crippen molar-refractivity contribution in [3.05, 3.63) is 35.9 Å². The second-order valence-electron chi connectivity index (χ2n) is 5.07. The molecule has 1 spiro atoms. The average molecular weight is 232 g/mol. The van der Waals surface area contributed by atoms with Crippen molar-refractivity contribution in [1.82, 2.24) is 0 Å². The Balaban J connectivity index is 2.01. The molecule has 1 aliphatic carbocycles. The molecule has 1 aliphatic heterocycles. The monoisotopic (exact) mass is 232 g/mol. The first-order chi connectivity index (χ1) is 8.24. The standard InChI is InChI=1S/C14H16O3/c15-11-13(16)17-12(10-6-2-1-3-7-10)14(11)8-4-5-9-14/h1-3,6-7,11-12,15H,4-5,8-9H2/t11-,12+/m1/s1. The molecule has 0 aromatic heterocycles. The Morgan fingerprint density at radius 1 is 1.18 bits per heavy atom. The molecule has 1 heterocycles. The Hall–Kier alpha value is -1.35. The Morgan fingerprint density at radius 2 is 1.82 bits per heavy atom. The number of ether oxygens (including phenoxy) is 1. The number of carbonyl (C=O) groups is 1. The molecule has 0 bridgehead atoms. The molecule has 0 radical (unpaired) electrons. The zero-order valence-electron chi connectivity index (χ0n) is 9.63.